The number of carbonyl (C=O) groups excluding carboxylic acids is 1. The monoisotopic (exact) mass is 251 g/mol. The molecular weight excluding hydrogens is 242 g/mol. The summed E-state index contributed by atoms with van der Waals surface area (Å²) in [6.45, 7) is 0.113. The summed E-state index contributed by atoms with van der Waals surface area (Å²) in [5, 5.41) is 18.0. The fourth-order valence-electron chi connectivity index (χ4n) is 1.40. The Morgan fingerprint density at radius 3 is 2.62 bits per heavy atom. The van der Waals surface area contributed by atoms with Crippen LogP contribution in [0, 0.1) is 0 Å². The third-order valence-electron chi connectivity index (χ3n) is 2.00. The third kappa shape index (κ3) is 2.19. The van der Waals surface area contributed by atoms with E-state index in [9.17, 15) is 14.7 Å². The van der Waals surface area contributed by atoms with Gasteiger partial charge in [0, 0.05) is 13.0 Å². The molecule has 2 atom stereocenters. The fraction of sp³-hybridized carbons (Fsp3) is 0.714. The number of carboxylic acids is 1. The van der Waals surface area contributed by atoms with Gasteiger partial charge in [-0.3, -0.25) is 4.79 Å². The first-order valence-electron chi connectivity index (χ1n) is 3.82. The highest BCUT2D eigenvalue weighted by Gasteiger charge is 2.38. The average molecular weight is 252 g/mol. The summed E-state index contributed by atoms with van der Waals surface area (Å²) in [6.07, 6.45) is -0.599. The van der Waals surface area contributed by atoms with Crippen molar-refractivity contribution in [2.45, 2.75) is 18.6 Å². The molecule has 1 amide bonds. The SMILES string of the molecule is O=C(O)C1CC(O)CN1C(=O)CBr. The lowest BCUT2D eigenvalue weighted by Crippen LogP contribution is -2.41. The zero-order valence-electron chi connectivity index (χ0n) is 6.81. The number of nitrogens with zero attached hydrogens (tertiary/aromatic N) is 1. The largest absolute Gasteiger partial charge is 0.480 e. The Bertz CT molecular complexity index is 233. The Kier molecular flexibility index (Phi) is 3.27. The zero-order valence-corrected chi connectivity index (χ0v) is 8.40. The van der Waals surface area contributed by atoms with Gasteiger partial charge in [0.2, 0.25) is 5.91 Å². The van der Waals surface area contributed by atoms with Crippen LogP contribution in [-0.4, -0.2) is 51.0 Å². The number of halogens is 1. The summed E-state index contributed by atoms with van der Waals surface area (Å²) in [6, 6.07) is -0.875. The maximum atomic E-state index is 11.2. The standard InChI is InChI=1S/C7H10BrNO4/c8-2-6(11)9-3-4(10)1-5(9)7(12)13/h4-5,10H,1-3H2,(H,12,13). The lowest BCUT2D eigenvalue weighted by atomic mass is 10.2. The molecule has 1 aliphatic rings. The van der Waals surface area contributed by atoms with E-state index >= 15 is 0 Å². The smallest absolute Gasteiger partial charge is 0.326 e. The third-order valence-corrected chi connectivity index (χ3v) is 2.48. The number of likely N-dealkylation sites (tertiary alicyclic amines) is 1. The number of aliphatic carboxylic acids is 1. The minimum Gasteiger partial charge on any atom is -0.480 e. The Hall–Kier alpha value is -0.620. The van der Waals surface area contributed by atoms with Crippen LogP contribution in [0.5, 0.6) is 0 Å². The number of carboxylic acid groups (broad SMARTS) is 1. The molecule has 1 rings (SSSR count). The van der Waals surface area contributed by atoms with Crippen LogP contribution >= 0.6 is 15.9 Å². The molecule has 2 unspecified atom stereocenters. The van der Waals surface area contributed by atoms with Gasteiger partial charge in [0.15, 0.2) is 0 Å². The maximum absolute atomic E-state index is 11.2. The predicted octanol–water partition coefficient (Wildman–Crippen LogP) is -0.572. The quantitative estimate of drug-likeness (QED) is 0.645. The molecular formula is C7H10BrNO4. The number of aliphatic hydroxyl groups excluding tert-OH is 1. The van der Waals surface area contributed by atoms with E-state index in [1.54, 1.807) is 0 Å². The predicted molar refractivity (Wildman–Crippen MR) is 47.6 cm³/mol. The van der Waals surface area contributed by atoms with E-state index in [2.05, 4.69) is 15.9 Å². The van der Waals surface area contributed by atoms with Gasteiger partial charge in [-0.2, -0.15) is 0 Å². The molecule has 0 radical (unpaired) electrons. The lowest BCUT2D eigenvalue weighted by Gasteiger charge is -2.19. The van der Waals surface area contributed by atoms with Crippen LogP contribution in [0.25, 0.3) is 0 Å². The molecule has 0 bridgehead atoms. The minimum atomic E-state index is -1.06. The number of rotatable bonds is 2. The van der Waals surface area contributed by atoms with Crippen LogP contribution in [-0.2, 0) is 9.59 Å². The second-order valence-electron chi connectivity index (χ2n) is 2.92. The normalized spacial score (nSPS) is 27.7. The fourth-order valence-corrected chi connectivity index (χ4v) is 1.72. The molecule has 0 aromatic heterocycles. The zero-order chi connectivity index (χ0) is 10.0. The molecule has 1 aliphatic heterocycles. The van der Waals surface area contributed by atoms with Crippen molar-refractivity contribution >= 4 is 27.8 Å². The number of carbonyl (C=O) groups is 2. The van der Waals surface area contributed by atoms with Crippen molar-refractivity contribution in [2.75, 3.05) is 11.9 Å². The molecule has 5 nitrogen and oxygen atoms in total. The van der Waals surface area contributed by atoms with Crippen molar-refractivity contribution in [1.29, 1.82) is 0 Å². The summed E-state index contributed by atoms with van der Waals surface area (Å²) in [5.41, 5.74) is 0. The second kappa shape index (κ2) is 4.06. The topological polar surface area (TPSA) is 77.8 Å². The first-order valence-corrected chi connectivity index (χ1v) is 4.94. The van der Waals surface area contributed by atoms with Gasteiger partial charge >= 0.3 is 5.97 Å². The summed E-state index contributed by atoms with van der Waals surface area (Å²) >= 11 is 2.96. The van der Waals surface area contributed by atoms with Crippen LogP contribution in [0.4, 0.5) is 0 Å². The molecule has 0 aliphatic carbocycles. The van der Waals surface area contributed by atoms with Crippen molar-refractivity contribution in [3.05, 3.63) is 0 Å². The van der Waals surface area contributed by atoms with Crippen LogP contribution in [0.1, 0.15) is 6.42 Å². The molecule has 1 saturated heterocycles. The van der Waals surface area contributed by atoms with Crippen LogP contribution in [0.2, 0.25) is 0 Å². The molecule has 13 heavy (non-hydrogen) atoms. The number of amides is 1. The Labute approximate surface area is 83.5 Å². The molecule has 1 heterocycles. The van der Waals surface area contributed by atoms with Crippen LogP contribution < -0.4 is 0 Å². The van der Waals surface area contributed by atoms with Crippen LogP contribution in [0.15, 0.2) is 0 Å². The van der Waals surface area contributed by atoms with E-state index in [0.717, 1.165) is 0 Å². The molecule has 74 valence electrons. The molecule has 0 aromatic carbocycles. The highest BCUT2D eigenvalue weighted by atomic mass is 79.9. The van der Waals surface area contributed by atoms with Gasteiger partial charge in [-0.25, -0.2) is 4.79 Å². The van der Waals surface area contributed by atoms with E-state index < -0.39 is 18.1 Å². The number of hydrogen-bond acceptors (Lipinski definition) is 3. The van der Waals surface area contributed by atoms with E-state index in [1.165, 1.54) is 4.90 Å². The summed E-state index contributed by atoms with van der Waals surface area (Å²) < 4.78 is 0. The van der Waals surface area contributed by atoms with Gasteiger partial charge < -0.3 is 15.1 Å². The van der Waals surface area contributed by atoms with Crippen molar-refractivity contribution in [3.63, 3.8) is 0 Å². The minimum absolute atomic E-state index is 0.0868. The molecule has 1 fully saturated rings. The summed E-state index contributed by atoms with van der Waals surface area (Å²) in [4.78, 5) is 23.0. The molecule has 0 saturated carbocycles. The number of alkyl halides is 1. The first kappa shape index (κ1) is 10.5. The molecule has 0 spiro atoms. The lowest BCUT2D eigenvalue weighted by molar-refractivity contribution is -0.147. The van der Waals surface area contributed by atoms with Crippen molar-refractivity contribution in [2.24, 2.45) is 0 Å². The summed E-state index contributed by atoms with van der Waals surface area (Å²) in [7, 11) is 0. The summed E-state index contributed by atoms with van der Waals surface area (Å²) in [5.74, 6) is -1.37. The number of hydrogen-bond donors (Lipinski definition) is 2. The van der Waals surface area contributed by atoms with Gasteiger partial charge in [0.25, 0.3) is 0 Å². The molecule has 6 heteroatoms. The Morgan fingerprint density at radius 1 is 1.54 bits per heavy atom. The van der Waals surface area contributed by atoms with Crippen LogP contribution in [0.3, 0.4) is 0 Å². The van der Waals surface area contributed by atoms with E-state index in [4.69, 9.17) is 5.11 Å². The van der Waals surface area contributed by atoms with E-state index in [0.29, 0.717) is 0 Å². The molecule has 2 N–H and O–H groups in total. The highest BCUT2D eigenvalue weighted by molar-refractivity contribution is 9.09. The van der Waals surface area contributed by atoms with E-state index in [-0.39, 0.29) is 24.2 Å². The van der Waals surface area contributed by atoms with Gasteiger partial charge in [0.1, 0.15) is 6.04 Å². The van der Waals surface area contributed by atoms with E-state index in [1.807, 2.05) is 0 Å². The van der Waals surface area contributed by atoms with Crippen molar-refractivity contribution < 1.29 is 19.8 Å². The van der Waals surface area contributed by atoms with Gasteiger partial charge in [-0.05, 0) is 0 Å². The van der Waals surface area contributed by atoms with Crippen molar-refractivity contribution in [3.8, 4) is 0 Å². The van der Waals surface area contributed by atoms with Gasteiger partial charge in [-0.15, -0.1) is 0 Å². The van der Waals surface area contributed by atoms with Crippen molar-refractivity contribution in [1.82, 2.24) is 4.90 Å². The Balaban J connectivity index is 2.71. The number of aliphatic hydroxyl groups is 1. The molecule has 0 aromatic rings. The highest BCUT2D eigenvalue weighted by Crippen LogP contribution is 2.18. The van der Waals surface area contributed by atoms with Gasteiger partial charge in [-0.1, -0.05) is 15.9 Å². The average Bonchev–Trinajstić information content (AvgIpc) is 2.46. The first-order chi connectivity index (χ1) is 6.06. The second-order valence-corrected chi connectivity index (χ2v) is 3.48. The maximum Gasteiger partial charge on any atom is 0.326 e. The van der Waals surface area contributed by atoms with Gasteiger partial charge in [0.05, 0.1) is 11.4 Å². The Morgan fingerprint density at radius 2 is 2.15 bits per heavy atom. The number of β-amino-alcohol motifs (C(OH)–C–C–N with tert-alkyl or cyclic N) is 1.